The molecular formula is C17H16BrNO2. The van der Waals surface area contributed by atoms with Crippen LogP contribution in [0.2, 0.25) is 0 Å². The molecule has 3 nitrogen and oxygen atoms in total. The molecule has 0 unspecified atom stereocenters. The molecule has 0 aliphatic carbocycles. The predicted molar refractivity (Wildman–Crippen MR) is 88.7 cm³/mol. The van der Waals surface area contributed by atoms with E-state index < -0.39 is 0 Å². The lowest BCUT2D eigenvalue weighted by atomic mass is 9.99. The van der Waals surface area contributed by atoms with Gasteiger partial charge in [0.05, 0.1) is 5.56 Å². The van der Waals surface area contributed by atoms with Crippen LogP contribution in [0.5, 0.6) is 0 Å². The monoisotopic (exact) mass is 345 g/mol. The van der Waals surface area contributed by atoms with E-state index in [1.54, 1.807) is 32.9 Å². The molecule has 1 aromatic heterocycles. The average molecular weight is 346 g/mol. The van der Waals surface area contributed by atoms with Gasteiger partial charge < -0.3 is 4.98 Å². The molecule has 0 saturated heterocycles. The van der Waals surface area contributed by atoms with Crippen molar-refractivity contribution in [3.63, 3.8) is 0 Å². The Labute approximate surface area is 131 Å². The number of pyridine rings is 1. The first-order valence-electron chi connectivity index (χ1n) is 6.57. The molecule has 0 aliphatic heterocycles. The van der Waals surface area contributed by atoms with Crippen LogP contribution in [0.4, 0.5) is 0 Å². The van der Waals surface area contributed by atoms with Crippen LogP contribution in [0.15, 0.2) is 45.2 Å². The molecule has 1 N–H and O–H groups in total. The summed E-state index contributed by atoms with van der Waals surface area (Å²) in [6.45, 7) is 5.30. The van der Waals surface area contributed by atoms with Crippen LogP contribution in [0, 0.1) is 13.8 Å². The number of aromatic nitrogens is 1. The average Bonchev–Trinajstić information content (AvgIpc) is 2.37. The number of carbonyl (C=O) groups is 1. The Morgan fingerprint density at radius 3 is 2.57 bits per heavy atom. The van der Waals surface area contributed by atoms with E-state index in [2.05, 4.69) is 20.9 Å². The molecule has 0 amide bonds. The number of nitrogens with one attached hydrogen (secondary N) is 1. The number of rotatable bonds is 3. The number of aromatic amines is 1. The number of H-pyrrole nitrogens is 1. The Kier molecular flexibility index (Phi) is 4.58. The maximum atomic E-state index is 12.5. The normalized spacial score (nSPS) is 11.5. The van der Waals surface area contributed by atoms with Crippen LogP contribution in [0.1, 0.15) is 34.1 Å². The quantitative estimate of drug-likeness (QED) is 0.674. The van der Waals surface area contributed by atoms with E-state index >= 15 is 0 Å². The molecule has 2 rings (SSSR count). The van der Waals surface area contributed by atoms with Gasteiger partial charge >= 0.3 is 0 Å². The van der Waals surface area contributed by atoms with Crippen LogP contribution in [0.3, 0.4) is 0 Å². The molecule has 0 radical (unpaired) electrons. The Balaban J connectivity index is 2.43. The highest BCUT2D eigenvalue weighted by molar-refractivity contribution is 9.10. The minimum absolute atomic E-state index is 0.212. The van der Waals surface area contributed by atoms with Crippen molar-refractivity contribution in [3.8, 4) is 0 Å². The van der Waals surface area contributed by atoms with Gasteiger partial charge in [0.15, 0.2) is 5.78 Å². The summed E-state index contributed by atoms with van der Waals surface area (Å²) < 4.78 is 0.945. The summed E-state index contributed by atoms with van der Waals surface area (Å²) in [5.41, 5.74) is 2.77. The largest absolute Gasteiger partial charge is 0.326 e. The summed E-state index contributed by atoms with van der Waals surface area (Å²) in [4.78, 5) is 27.2. The van der Waals surface area contributed by atoms with E-state index in [9.17, 15) is 9.59 Å². The van der Waals surface area contributed by atoms with Crippen LogP contribution >= 0.6 is 15.9 Å². The topological polar surface area (TPSA) is 49.9 Å². The highest BCUT2D eigenvalue weighted by atomic mass is 79.9. The highest BCUT2D eigenvalue weighted by Gasteiger charge is 2.15. The van der Waals surface area contributed by atoms with Crippen LogP contribution in [0.25, 0.3) is 6.08 Å². The third-order valence-corrected chi connectivity index (χ3v) is 3.68. The summed E-state index contributed by atoms with van der Waals surface area (Å²) in [5.74, 6) is -0.242. The Bertz CT molecular complexity index is 788. The zero-order valence-corrected chi connectivity index (χ0v) is 13.7. The maximum absolute atomic E-state index is 12.5. The van der Waals surface area contributed by atoms with Crippen molar-refractivity contribution < 1.29 is 4.79 Å². The smallest absolute Gasteiger partial charge is 0.259 e. The van der Waals surface area contributed by atoms with E-state index in [0.717, 1.165) is 15.7 Å². The fourth-order valence-electron chi connectivity index (χ4n) is 2.24. The van der Waals surface area contributed by atoms with Crippen molar-refractivity contribution in [3.05, 3.63) is 73.1 Å². The van der Waals surface area contributed by atoms with Crippen molar-refractivity contribution in [2.24, 2.45) is 0 Å². The standard InChI is InChI=1S/C17H16BrNO2/c1-10-7-12(3)19-17(21)15(10)16(20)11(2)8-13-5-4-6-14(18)9-13/h4-9H,1-3H3,(H,19,21)/b11-8+. The Hall–Kier alpha value is -1.94. The third-order valence-electron chi connectivity index (χ3n) is 3.18. The molecule has 1 heterocycles. The molecule has 21 heavy (non-hydrogen) atoms. The summed E-state index contributed by atoms with van der Waals surface area (Å²) in [6.07, 6.45) is 1.78. The fraction of sp³-hybridized carbons (Fsp3) is 0.176. The number of allylic oxidation sites excluding steroid dienone is 1. The number of carbonyl (C=O) groups excluding carboxylic acids is 1. The first kappa shape index (κ1) is 15.4. The molecule has 4 heteroatoms. The third kappa shape index (κ3) is 3.58. The van der Waals surface area contributed by atoms with Gasteiger partial charge in [0.25, 0.3) is 5.56 Å². The summed E-state index contributed by atoms with van der Waals surface area (Å²) in [6, 6.07) is 9.46. The molecule has 0 bridgehead atoms. The van der Waals surface area contributed by atoms with Crippen LogP contribution in [-0.4, -0.2) is 10.8 Å². The minimum atomic E-state index is -0.334. The van der Waals surface area contributed by atoms with Gasteiger partial charge in [-0.3, -0.25) is 9.59 Å². The molecule has 0 fully saturated rings. The molecule has 108 valence electrons. The molecule has 0 aliphatic rings. The summed E-state index contributed by atoms with van der Waals surface area (Å²) >= 11 is 3.40. The van der Waals surface area contributed by atoms with E-state index in [-0.39, 0.29) is 16.9 Å². The fourth-order valence-corrected chi connectivity index (χ4v) is 2.66. The first-order chi connectivity index (χ1) is 9.88. The van der Waals surface area contributed by atoms with Gasteiger partial charge in [-0.1, -0.05) is 28.1 Å². The zero-order chi connectivity index (χ0) is 15.6. The number of hydrogen-bond acceptors (Lipinski definition) is 2. The molecule has 1 aromatic carbocycles. The lowest BCUT2D eigenvalue weighted by Crippen LogP contribution is -2.21. The summed E-state index contributed by atoms with van der Waals surface area (Å²) in [5, 5.41) is 0. The second-order valence-electron chi connectivity index (χ2n) is 5.05. The lowest BCUT2D eigenvalue weighted by Gasteiger charge is -2.06. The highest BCUT2D eigenvalue weighted by Crippen LogP contribution is 2.16. The SMILES string of the molecule is C/C(=C\c1cccc(Br)c1)C(=O)c1c(C)cc(C)[nH]c1=O. The van der Waals surface area contributed by atoms with Crippen molar-refractivity contribution in [2.45, 2.75) is 20.8 Å². The van der Waals surface area contributed by atoms with Crippen LogP contribution in [-0.2, 0) is 0 Å². The number of ketones is 1. The number of aryl methyl sites for hydroxylation is 2. The zero-order valence-electron chi connectivity index (χ0n) is 12.2. The van der Waals surface area contributed by atoms with Gasteiger partial charge in [-0.25, -0.2) is 0 Å². The summed E-state index contributed by atoms with van der Waals surface area (Å²) in [7, 11) is 0. The number of halogens is 1. The first-order valence-corrected chi connectivity index (χ1v) is 7.37. The van der Waals surface area contributed by atoms with Crippen molar-refractivity contribution in [2.75, 3.05) is 0 Å². The van der Waals surface area contributed by atoms with Gasteiger partial charge in [0.2, 0.25) is 0 Å². The Morgan fingerprint density at radius 1 is 1.24 bits per heavy atom. The molecule has 0 atom stereocenters. The van der Waals surface area contributed by atoms with E-state index in [0.29, 0.717) is 11.1 Å². The number of hydrogen-bond donors (Lipinski definition) is 1. The number of Topliss-reactive ketones (excluding diaryl/α,β-unsaturated/α-hetero) is 1. The second-order valence-corrected chi connectivity index (χ2v) is 5.97. The van der Waals surface area contributed by atoms with E-state index in [1.165, 1.54) is 0 Å². The van der Waals surface area contributed by atoms with E-state index in [1.807, 2.05) is 24.3 Å². The van der Waals surface area contributed by atoms with Crippen molar-refractivity contribution in [1.29, 1.82) is 0 Å². The van der Waals surface area contributed by atoms with Crippen molar-refractivity contribution >= 4 is 27.8 Å². The molecule has 2 aromatic rings. The van der Waals surface area contributed by atoms with Gasteiger partial charge in [-0.05, 0) is 61.7 Å². The molecular weight excluding hydrogens is 330 g/mol. The minimum Gasteiger partial charge on any atom is -0.326 e. The second kappa shape index (κ2) is 6.22. The van der Waals surface area contributed by atoms with Gasteiger partial charge in [-0.2, -0.15) is 0 Å². The maximum Gasteiger partial charge on any atom is 0.259 e. The molecule has 0 saturated carbocycles. The van der Waals surface area contributed by atoms with Crippen molar-refractivity contribution in [1.82, 2.24) is 4.98 Å². The lowest BCUT2D eigenvalue weighted by molar-refractivity contribution is 0.103. The molecule has 0 spiro atoms. The van der Waals surface area contributed by atoms with Gasteiger partial charge in [-0.15, -0.1) is 0 Å². The van der Waals surface area contributed by atoms with Gasteiger partial charge in [0, 0.05) is 10.2 Å². The van der Waals surface area contributed by atoms with Crippen LogP contribution < -0.4 is 5.56 Å². The van der Waals surface area contributed by atoms with E-state index in [4.69, 9.17) is 0 Å². The Morgan fingerprint density at radius 2 is 1.95 bits per heavy atom. The number of benzene rings is 1. The van der Waals surface area contributed by atoms with Gasteiger partial charge in [0.1, 0.15) is 0 Å². The predicted octanol–water partition coefficient (Wildman–Crippen LogP) is 4.04.